The molecule has 1 unspecified atom stereocenters. The van der Waals surface area contributed by atoms with E-state index in [9.17, 15) is 0 Å². The third kappa shape index (κ3) is 2.69. The van der Waals surface area contributed by atoms with E-state index in [0.717, 1.165) is 0 Å². The predicted molar refractivity (Wildman–Crippen MR) is 71.9 cm³/mol. The molecule has 1 saturated carbocycles. The van der Waals surface area contributed by atoms with E-state index in [1.165, 1.54) is 19.3 Å². The summed E-state index contributed by atoms with van der Waals surface area (Å²) in [4.78, 5) is 0. The quantitative estimate of drug-likeness (QED) is 0.399. The van der Waals surface area contributed by atoms with Crippen LogP contribution in [-0.4, -0.2) is 8.07 Å². The van der Waals surface area contributed by atoms with Gasteiger partial charge in [-0.15, -0.1) is 6.58 Å². The Morgan fingerprint density at radius 1 is 1.54 bits per heavy atom. The summed E-state index contributed by atoms with van der Waals surface area (Å²) in [6.07, 6.45) is 6.15. The summed E-state index contributed by atoms with van der Waals surface area (Å²) in [5, 5.41) is 0. The van der Waals surface area contributed by atoms with Crippen molar-refractivity contribution in [2.24, 2.45) is 5.92 Å². The van der Waals surface area contributed by atoms with Crippen molar-refractivity contribution in [1.82, 2.24) is 0 Å². The third-order valence-electron chi connectivity index (χ3n) is 2.63. The first-order valence-electron chi connectivity index (χ1n) is 4.98. The molecule has 2 heteroatoms. The number of hydrogen-bond donors (Lipinski definition) is 0. The minimum absolute atomic E-state index is 0.693. The highest BCUT2D eigenvalue weighted by Gasteiger charge is 2.27. The van der Waals surface area contributed by atoms with Crippen LogP contribution in [0.1, 0.15) is 19.3 Å². The van der Waals surface area contributed by atoms with Crippen LogP contribution in [0.2, 0.25) is 19.6 Å². The van der Waals surface area contributed by atoms with Crippen LogP contribution in [0.5, 0.6) is 0 Å². The second-order valence-corrected chi connectivity index (χ2v) is 11.9. The summed E-state index contributed by atoms with van der Waals surface area (Å²) >= 11 is 2.58. The van der Waals surface area contributed by atoms with Crippen LogP contribution in [0.15, 0.2) is 21.4 Å². The van der Waals surface area contributed by atoms with Crippen LogP contribution in [0.3, 0.4) is 0 Å². The second-order valence-electron chi connectivity index (χ2n) is 4.82. The molecule has 0 aliphatic heterocycles. The summed E-state index contributed by atoms with van der Waals surface area (Å²) in [7, 11) is -1.07. The zero-order valence-electron chi connectivity index (χ0n) is 8.86. The largest absolute Gasteiger partial charge is 0.102 e. The van der Waals surface area contributed by atoms with E-state index in [2.05, 4.69) is 54.9 Å². The molecule has 0 heterocycles. The van der Waals surface area contributed by atoms with E-state index in [0.29, 0.717) is 5.92 Å². The smallest absolute Gasteiger partial charge is 0.0854 e. The molecule has 0 spiro atoms. The Kier molecular flexibility index (Phi) is 3.80. The number of hydrogen-bond acceptors (Lipinski definition) is 0. The lowest BCUT2D eigenvalue weighted by atomic mass is 10.1. The van der Waals surface area contributed by atoms with Gasteiger partial charge in [-0.1, -0.05) is 53.9 Å². The van der Waals surface area contributed by atoms with Gasteiger partial charge in [0.05, 0.1) is 8.07 Å². The van der Waals surface area contributed by atoms with Gasteiger partial charge in [0.15, 0.2) is 0 Å². The van der Waals surface area contributed by atoms with Gasteiger partial charge in [0, 0.05) is 0 Å². The lowest BCUT2D eigenvalue weighted by Gasteiger charge is -2.20. The van der Waals surface area contributed by atoms with Crippen molar-refractivity contribution in [3.05, 3.63) is 21.4 Å². The highest BCUT2D eigenvalue weighted by molar-refractivity contribution is 14.1. The molecule has 0 amide bonds. The average molecular weight is 306 g/mol. The monoisotopic (exact) mass is 306 g/mol. The van der Waals surface area contributed by atoms with Gasteiger partial charge >= 0.3 is 0 Å². The Hall–Kier alpha value is 0.427. The third-order valence-corrected chi connectivity index (χ3v) is 9.82. The first-order chi connectivity index (χ1) is 5.96. The van der Waals surface area contributed by atoms with Crippen molar-refractivity contribution >= 4 is 30.7 Å². The number of halogens is 1. The Bertz CT molecular complexity index is 235. The van der Waals surface area contributed by atoms with Crippen LogP contribution in [-0.2, 0) is 0 Å². The summed E-state index contributed by atoms with van der Waals surface area (Å²) < 4.78 is 1.69. The molecule has 0 N–H and O–H groups in total. The van der Waals surface area contributed by atoms with Crippen LogP contribution in [0.4, 0.5) is 0 Å². The Labute approximate surface area is 96.6 Å². The summed E-state index contributed by atoms with van der Waals surface area (Å²) in [6.45, 7) is 11.2. The summed E-state index contributed by atoms with van der Waals surface area (Å²) in [5.74, 6) is 0.693. The molecule has 74 valence electrons. The van der Waals surface area contributed by atoms with Crippen molar-refractivity contribution in [2.45, 2.75) is 38.9 Å². The Balaban J connectivity index is 2.96. The standard InChI is InChI=1S/C11H19ISi/c1-5-9-7-6-8-10(9)11(12)13(2,3)4/h5,9H,1,6-8H2,2-4H3/b11-10-. The zero-order valence-corrected chi connectivity index (χ0v) is 12.0. The minimum atomic E-state index is -1.07. The Morgan fingerprint density at radius 3 is 2.62 bits per heavy atom. The van der Waals surface area contributed by atoms with Crippen molar-refractivity contribution in [2.75, 3.05) is 0 Å². The van der Waals surface area contributed by atoms with E-state index in [-0.39, 0.29) is 0 Å². The van der Waals surface area contributed by atoms with E-state index in [1.807, 2.05) is 0 Å². The van der Waals surface area contributed by atoms with Crippen molar-refractivity contribution in [3.63, 3.8) is 0 Å². The van der Waals surface area contributed by atoms with Gasteiger partial charge in [-0.2, -0.15) is 0 Å². The maximum atomic E-state index is 3.94. The summed E-state index contributed by atoms with van der Waals surface area (Å²) in [6, 6.07) is 0. The van der Waals surface area contributed by atoms with Gasteiger partial charge in [-0.05, 0) is 28.4 Å². The molecule has 1 aliphatic rings. The molecule has 0 aromatic rings. The molecule has 0 saturated heterocycles. The fraction of sp³-hybridized carbons (Fsp3) is 0.636. The lowest BCUT2D eigenvalue weighted by Crippen LogP contribution is -2.22. The molecule has 0 nitrogen and oxygen atoms in total. The van der Waals surface area contributed by atoms with Gasteiger partial charge in [0.2, 0.25) is 0 Å². The van der Waals surface area contributed by atoms with Gasteiger partial charge in [-0.3, -0.25) is 0 Å². The molecule has 1 aliphatic carbocycles. The molecule has 0 bridgehead atoms. The van der Waals surface area contributed by atoms with Crippen molar-refractivity contribution < 1.29 is 0 Å². The molecule has 0 aromatic heterocycles. The predicted octanol–water partition coefficient (Wildman–Crippen LogP) is 4.54. The molecule has 1 atom stereocenters. The SMILES string of the molecule is C=CC1CCC/C1=C(\I)[Si](C)(C)C. The minimum Gasteiger partial charge on any atom is -0.102 e. The van der Waals surface area contributed by atoms with Crippen LogP contribution in [0, 0.1) is 5.92 Å². The molecule has 0 radical (unpaired) electrons. The van der Waals surface area contributed by atoms with E-state index >= 15 is 0 Å². The Morgan fingerprint density at radius 2 is 2.15 bits per heavy atom. The van der Waals surface area contributed by atoms with Crippen molar-refractivity contribution in [3.8, 4) is 0 Å². The van der Waals surface area contributed by atoms with E-state index in [1.54, 1.807) is 8.78 Å². The second kappa shape index (κ2) is 4.30. The highest BCUT2D eigenvalue weighted by atomic mass is 127. The first kappa shape index (κ1) is 11.5. The van der Waals surface area contributed by atoms with Crippen LogP contribution in [0.25, 0.3) is 0 Å². The number of rotatable bonds is 2. The van der Waals surface area contributed by atoms with Crippen molar-refractivity contribution in [1.29, 1.82) is 0 Å². The lowest BCUT2D eigenvalue weighted by molar-refractivity contribution is 0.767. The van der Waals surface area contributed by atoms with Crippen LogP contribution >= 0.6 is 22.6 Å². The van der Waals surface area contributed by atoms with Gasteiger partial charge in [-0.25, -0.2) is 0 Å². The highest BCUT2D eigenvalue weighted by Crippen LogP contribution is 2.39. The topological polar surface area (TPSA) is 0 Å². The zero-order chi connectivity index (χ0) is 10.1. The molecular formula is C11H19ISi. The fourth-order valence-corrected chi connectivity index (χ4v) is 3.83. The maximum Gasteiger partial charge on any atom is 0.0854 e. The number of allylic oxidation sites excluding steroid dienone is 2. The maximum absolute atomic E-state index is 3.94. The van der Waals surface area contributed by atoms with Crippen LogP contribution < -0.4 is 0 Å². The average Bonchev–Trinajstić information content (AvgIpc) is 2.48. The van der Waals surface area contributed by atoms with Gasteiger partial charge < -0.3 is 0 Å². The van der Waals surface area contributed by atoms with E-state index in [4.69, 9.17) is 0 Å². The first-order valence-corrected chi connectivity index (χ1v) is 9.56. The summed E-state index contributed by atoms with van der Waals surface area (Å²) in [5.41, 5.74) is 1.70. The normalized spacial score (nSPS) is 27.5. The molecule has 1 rings (SSSR count). The molecular weight excluding hydrogens is 287 g/mol. The van der Waals surface area contributed by atoms with E-state index < -0.39 is 8.07 Å². The van der Waals surface area contributed by atoms with Gasteiger partial charge in [0.25, 0.3) is 0 Å². The fourth-order valence-electron chi connectivity index (χ4n) is 1.89. The van der Waals surface area contributed by atoms with Gasteiger partial charge in [0.1, 0.15) is 0 Å². The molecule has 0 aromatic carbocycles. The molecule has 1 fully saturated rings. The molecule has 13 heavy (non-hydrogen) atoms.